The summed E-state index contributed by atoms with van der Waals surface area (Å²) in [6, 6.07) is 7.90. The first-order valence-electron chi connectivity index (χ1n) is 10.3. The van der Waals surface area contributed by atoms with Crippen molar-refractivity contribution in [3.63, 3.8) is 0 Å². The van der Waals surface area contributed by atoms with E-state index in [1.165, 1.54) is 44.1 Å². The summed E-state index contributed by atoms with van der Waals surface area (Å²) in [5.74, 6) is -0.0615. The summed E-state index contributed by atoms with van der Waals surface area (Å²) in [4.78, 5) is 12.0. The van der Waals surface area contributed by atoms with E-state index in [0.29, 0.717) is 5.75 Å². The van der Waals surface area contributed by atoms with Gasteiger partial charge in [-0.2, -0.15) is 12.6 Å². The molecule has 1 unspecified atom stereocenters. The number of carbonyl (C=O) groups excluding carboxylic acids is 1. The van der Waals surface area contributed by atoms with E-state index in [-0.39, 0.29) is 12.1 Å². The van der Waals surface area contributed by atoms with Crippen molar-refractivity contribution in [1.29, 1.82) is 0 Å². The van der Waals surface area contributed by atoms with Gasteiger partial charge in [-0.3, -0.25) is 4.79 Å². The van der Waals surface area contributed by atoms with Gasteiger partial charge in [0.25, 0.3) is 0 Å². The molecule has 0 aliphatic rings. The number of carbonyl (C=O) groups is 1. The van der Waals surface area contributed by atoms with Gasteiger partial charge in [0.05, 0.1) is 0 Å². The molecular weight excluding hydrogens is 342 g/mol. The number of aryl methyl sites for hydroxylation is 1. The van der Waals surface area contributed by atoms with Crippen molar-refractivity contribution in [2.45, 2.75) is 90.2 Å². The lowest BCUT2D eigenvalue weighted by atomic mass is 9.99. The standard InChI is InChI=1S/C22H37NO2S/c1-3-5-7-8-9-10-11-18-13-15-19(16-14-18)21(12-6-4-2)25-22(24)20(23)17-26/h13-16,20-21,26H,3-12,17,23H2,1-2H3/t20-,21?/m0/s1. The molecule has 4 heteroatoms. The van der Waals surface area contributed by atoms with Gasteiger partial charge in [0, 0.05) is 5.75 Å². The van der Waals surface area contributed by atoms with Gasteiger partial charge in [-0.25, -0.2) is 0 Å². The van der Waals surface area contributed by atoms with Crippen molar-refractivity contribution in [1.82, 2.24) is 0 Å². The second-order valence-electron chi connectivity index (χ2n) is 7.12. The summed E-state index contributed by atoms with van der Waals surface area (Å²) in [6.45, 7) is 4.39. The molecule has 148 valence electrons. The number of unbranched alkanes of at least 4 members (excludes halogenated alkanes) is 6. The summed E-state index contributed by atoms with van der Waals surface area (Å²) in [7, 11) is 0. The average Bonchev–Trinajstić information content (AvgIpc) is 2.67. The lowest BCUT2D eigenvalue weighted by Gasteiger charge is -2.20. The molecule has 0 aliphatic heterocycles. The van der Waals surface area contributed by atoms with Gasteiger partial charge in [0.2, 0.25) is 0 Å². The maximum absolute atomic E-state index is 12.0. The number of thiol groups is 1. The van der Waals surface area contributed by atoms with E-state index in [9.17, 15) is 4.79 Å². The van der Waals surface area contributed by atoms with Gasteiger partial charge in [-0.15, -0.1) is 0 Å². The highest BCUT2D eigenvalue weighted by atomic mass is 32.1. The van der Waals surface area contributed by atoms with Crippen LogP contribution in [0.4, 0.5) is 0 Å². The Bertz CT molecular complexity index is 489. The third-order valence-electron chi connectivity index (χ3n) is 4.75. The van der Waals surface area contributed by atoms with Crippen LogP contribution < -0.4 is 5.73 Å². The Balaban J connectivity index is 2.55. The smallest absolute Gasteiger partial charge is 0.324 e. The molecule has 0 amide bonds. The fraction of sp³-hybridized carbons (Fsp3) is 0.682. The first-order chi connectivity index (χ1) is 12.6. The molecule has 1 aromatic rings. The zero-order valence-electron chi connectivity index (χ0n) is 16.6. The molecule has 0 fully saturated rings. The minimum atomic E-state index is -0.658. The fourth-order valence-corrected chi connectivity index (χ4v) is 3.14. The Morgan fingerprint density at radius 1 is 1.00 bits per heavy atom. The molecule has 2 N–H and O–H groups in total. The van der Waals surface area contributed by atoms with Crippen molar-refractivity contribution in [2.75, 3.05) is 5.75 Å². The van der Waals surface area contributed by atoms with E-state index in [4.69, 9.17) is 10.5 Å². The minimum absolute atomic E-state index is 0.212. The largest absolute Gasteiger partial charge is 0.456 e. The molecule has 0 aliphatic carbocycles. The number of esters is 1. The van der Waals surface area contributed by atoms with Crippen LogP contribution in [0.25, 0.3) is 0 Å². The third-order valence-corrected chi connectivity index (χ3v) is 5.14. The molecule has 0 radical (unpaired) electrons. The van der Waals surface area contributed by atoms with Crippen molar-refractivity contribution in [2.24, 2.45) is 5.73 Å². The van der Waals surface area contributed by atoms with E-state index < -0.39 is 6.04 Å². The van der Waals surface area contributed by atoms with Gasteiger partial charge in [-0.1, -0.05) is 76.6 Å². The molecule has 26 heavy (non-hydrogen) atoms. The summed E-state index contributed by atoms with van der Waals surface area (Å²) < 4.78 is 5.65. The molecule has 1 aromatic carbocycles. The van der Waals surface area contributed by atoms with E-state index in [1.54, 1.807) is 0 Å². The quantitative estimate of drug-likeness (QED) is 0.250. The third kappa shape index (κ3) is 9.09. The maximum atomic E-state index is 12.0. The van der Waals surface area contributed by atoms with Crippen LogP contribution in [0.5, 0.6) is 0 Å². The fourth-order valence-electron chi connectivity index (χ4n) is 2.99. The normalized spacial score (nSPS) is 13.4. The first-order valence-corrected chi connectivity index (χ1v) is 10.9. The van der Waals surface area contributed by atoms with Crippen LogP contribution in [-0.4, -0.2) is 17.8 Å². The van der Waals surface area contributed by atoms with Crippen LogP contribution in [0.2, 0.25) is 0 Å². The molecular formula is C22H37NO2S. The predicted octanol–water partition coefficient (Wildman–Crippen LogP) is 5.62. The second kappa shape index (κ2) is 14.1. The molecule has 3 nitrogen and oxygen atoms in total. The van der Waals surface area contributed by atoms with Crippen LogP contribution in [-0.2, 0) is 16.0 Å². The topological polar surface area (TPSA) is 52.3 Å². The van der Waals surface area contributed by atoms with Crippen LogP contribution >= 0.6 is 12.6 Å². The number of nitrogens with two attached hydrogens (primary N) is 1. The summed E-state index contributed by atoms with van der Waals surface area (Å²) in [5.41, 5.74) is 8.16. The zero-order valence-corrected chi connectivity index (χ0v) is 17.5. The Morgan fingerprint density at radius 2 is 1.62 bits per heavy atom. The van der Waals surface area contributed by atoms with Crippen LogP contribution in [0.15, 0.2) is 24.3 Å². The summed E-state index contributed by atoms with van der Waals surface area (Å²) >= 11 is 4.08. The molecule has 0 spiro atoms. The number of hydrogen-bond acceptors (Lipinski definition) is 4. The predicted molar refractivity (Wildman–Crippen MR) is 114 cm³/mol. The summed E-state index contributed by atoms with van der Waals surface area (Å²) in [5, 5.41) is 0. The summed E-state index contributed by atoms with van der Waals surface area (Å²) in [6.07, 6.45) is 11.7. The molecule has 0 bridgehead atoms. The number of hydrogen-bond donors (Lipinski definition) is 2. The van der Waals surface area contributed by atoms with E-state index >= 15 is 0 Å². The van der Waals surface area contributed by atoms with Gasteiger partial charge in [0.15, 0.2) is 0 Å². The second-order valence-corrected chi connectivity index (χ2v) is 7.48. The number of ether oxygens (including phenoxy) is 1. The monoisotopic (exact) mass is 379 g/mol. The van der Waals surface area contributed by atoms with Crippen LogP contribution in [0.3, 0.4) is 0 Å². The van der Waals surface area contributed by atoms with Crippen molar-refractivity contribution in [3.8, 4) is 0 Å². The minimum Gasteiger partial charge on any atom is -0.456 e. The van der Waals surface area contributed by atoms with E-state index in [0.717, 1.165) is 31.2 Å². The Morgan fingerprint density at radius 3 is 2.23 bits per heavy atom. The van der Waals surface area contributed by atoms with Crippen molar-refractivity contribution >= 4 is 18.6 Å². The highest BCUT2D eigenvalue weighted by Gasteiger charge is 2.20. The highest BCUT2D eigenvalue weighted by molar-refractivity contribution is 7.80. The SMILES string of the molecule is CCCCCCCCc1ccc(C(CCCC)OC(=O)[C@@H](N)CS)cc1. The van der Waals surface area contributed by atoms with E-state index in [2.05, 4.69) is 50.7 Å². The van der Waals surface area contributed by atoms with Crippen molar-refractivity contribution in [3.05, 3.63) is 35.4 Å². The van der Waals surface area contributed by atoms with Crippen LogP contribution in [0, 0.1) is 0 Å². The molecule has 0 saturated heterocycles. The highest BCUT2D eigenvalue weighted by Crippen LogP contribution is 2.25. The molecule has 0 aromatic heterocycles. The van der Waals surface area contributed by atoms with E-state index in [1.807, 2.05) is 0 Å². The zero-order chi connectivity index (χ0) is 19.2. The van der Waals surface area contributed by atoms with Crippen molar-refractivity contribution < 1.29 is 9.53 Å². The van der Waals surface area contributed by atoms with Gasteiger partial charge >= 0.3 is 5.97 Å². The molecule has 0 heterocycles. The first kappa shape index (κ1) is 23.0. The number of rotatable bonds is 14. The molecule has 0 saturated carbocycles. The number of benzene rings is 1. The van der Waals surface area contributed by atoms with Gasteiger partial charge < -0.3 is 10.5 Å². The maximum Gasteiger partial charge on any atom is 0.324 e. The lowest BCUT2D eigenvalue weighted by Crippen LogP contribution is -2.34. The molecule has 1 rings (SSSR count). The van der Waals surface area contributed by atoms with Crippen LogP contribution in [0.1, 0.15) is 88.9 Å². The van der Waals surface area contributed by atoms with Gasteiger partial charge in [-0.05, 0) is 36.8 Å². The molecule has 2 atom stereocenters. The lowest BCUT2D eigenvalue weighted by molar-refractivity contribution is -0.150. The Hall–Kier alpha value is -1.00. The Labute approximate surface area is 165 Å². The average molecular weight is 380 g/mol. The Kier molecular flexibility index (Phi) is 12.5. The van der Waals surface area contributed by atoms with Gasteiger partial charge in [0.1, 0.15) is 12.1 Å².